The lowest BCUT2D eigenvalue weighted by Gasteiger charge is -2.21. The molecule has 1 heterocycles. The largest absolute Gasteiger partial charge is 0.459 e. The second kappa shape index (κ2) is 6.31. The van der Waals surface area contributed by atoms with Crippen LogP contribution in [0.3, 0.4) is 0 Å². The highest BCUT2D eigenvalue weighted by molar-refractivity contribution is 5.92. The first-order valence-corrected chi connectivity index (χ1v) is 7.20. The van der Waals surface area contributed by atoms with Crippen molar-refractivity contribution in [2.24, 2.45) is 0 Å². The highest BCUT2D eigenvalue weighted by Crippen LogP contribution is 2.25. The van der Waals surface area contributed by atoms with Gasteiger partial charge in [0, 0.05) is 0 Å². The van der Waals surface area contributed by atoms with Gasteiger partial charge < -0.3 is 9.73 Å². The summed E-state index contributed by atoms with van der Waals surface area (Å²) in [6.45, 7) is 2.05. The molecule has 0 aliphatic rings. The van der Waals surface area contributed by atoms with E-state index in [9.17, 15) is 4.79 Å². The molecule has 3 rings (SSSR count). The van der Waals surface area contributed by atoms with E-state index in [-0.39, 0.29) is 11.9 Å². The first kappa shape index (κ1) is 14.1. The van der Waals surface area contributed by atoms with Gasteiger partial charge in [-0.05, 0) is 35.7 Å². The van der Waals surface area contributed by atoms with Crippen molar-refractivity contribution in [3.63, 3.8) is 0 Å². The zero-order valence-corrected chi connectivity index (χ0v) is 12.3. The predicted molar refractivity (Wildman–Crippen MR) is 85.6 cm³/mol. The third kappa shape index (κ3) is 2.93. The van der Waals surface area contributed by atoms with Crippen molar-refractivity contribution in [1.29, 1.82) is 0 Å². The van der Waals surface area contributed by atoms with Crippen LogP contribution in [-0.2, 0) is 0 Å². The van der Waals surface area contributed by atoms with Gasteiger partial charge in [0.25, 0.3) is 5.91 Å². The molecule has 1 atom stereocenters. The number of rotatable bonds is 4. The molecule has 3 aromatic rings. The fourth-order valence-electron chi connectivity index (χ4n) is 2.51. The second-order valence-electron chi connectivity index (χ2n) is 5.15. The van der Waals surface area contributed by atoms with E-state index in [4.69, 9.17) is 4.42 Å². The Morgan fingerprint density at radius 1 is 0.955 bits per heavy atom. The smallest absolute Gasteiger partial charge is 0.287 e. The molecule has 0 aliphatic carbocycles. The number of carbonyl (C=O) groups excluding carboxylic acids is 1. The molecular weight excluding hydrogens is 274 g/mol. The van der Waals surface area contributed by atoms with Crippen LogP contribution >= 0.6 is 0 Å². The third-order valence-corrected chi connectivity index (χ3v) is 3.65. The number of hydrogen-bond acceptors (Lipinski definition) is 2. The quantitative estimate of drug-likeness (QED) is 0.786. The minimum absolute atomic E-state index is 0.208. The summed E-state index contributed by atoms with van der Waals surface area (Å²) in [7, 11) is 0. The van der Waals surface area contributed by atoms with Gasteiger partial charge >= 0.3 is 0 Å². The SMILES string of the molecule is Cc1ccccc1[C@H](NC(=O)c1ccco1)c1ccccc1. The van der Waals surface area contributed by atoms with Crippen molar-refractivity contribution in [1.82, 2.24) is 5.32 Å². The van der Waals surface area contributed by atoms with Gasteiger partial charge in [0.05, 0.1) is 12.3 Å². The Hall–Kier alpha value is -2.81. The van der Waals surface area contributed by atoms with E-state index in [1.165, 1.54) is 6.26 Å². The number of nitrogens with one attached hydrogen (secondary N) is 1. The molecule has 22 heavy (non-hydrogen) atoms. The highest BCUT2D eigenvalue weighted by atomic mass is 16.3. The van der Waals surface area contributed by atoms with Crippen molar-refractivity contribution >= 4 is 5.91 Å². The Labute approximate surface area is 129 Å². The molecule has 1 aromatic heterocycles. The Kier molecular flexibility index (Phi) is 4.05. The van der Waals surface area contributed by atoms with E-state index in [1.807, 2.05) is 61.5 Å². The second-order valence-corrected chi connectivity index (χ2v) is 5.15. The third-order valence-electron chi connectivity index (χ3n) is 3.65. The average Bonchev–Trinajstić information content (AvgIpc) is 3.09. The van der Waals surface area contributed by atoms with Gasteiger partial charge in [0.15, 0.2) is 5.76 Å². The molecule has 0 radical (unpaired) electrons. The van der Waals surface area contributed by atoms with Crippen LogP contribution in [0.25, 0.3) is 0 Å². The van der Waals surface area contributed by atoms with E-state index >= 15 is 0 Å². The molecule has 0 aliphatic heterocycles. The standard InChI is InChI=1S/C19H17NO2/c1-14-8-5-6-11-16(14)18(15-9-3-2-4-10-15)20-19(21)17-12-7-13-22-17/h2-13,18H,1H3,(H,20,21)/t18-/m1/s1. The van der Waals surface area contributed by atoms with Gasteiger partial charge in [0.1, 0.15) is 0 Å². The van der Waals surface area contributed by atoms with E-state index in [2.05, 4.69) is 5.32 Å². The number of furan rings is 1. The molecule has 0 fully saturated rings. The summed E-state index contributed by atoms with van der Waals surface area (Å²) in [4.78, 5) is 12.4. The van der Waals surface area contributed by atoms with Crippen molar-refractivity contribution < 1.29 is 9.21 Å². The molecule has 2 aromatic carbocycles. The first-order valence-electron chi connectivity index (χ1n) is 7.20. The number of amides is 1. The van der Waals surface area contributed by atoms with Crippen molar-refractivity contribution in [2.45, 2.75) is 13.0 Å². The predicted octanol–water partition coefficient (Wildman–Crippen LogP) is 4.11. The fraction of sp³-hybridized carbons (Fsp3) is 0.105. The van der Waals surface area contributed by atoms with Crippen LogP contribution in [0.5, 0.6) is 0 Å². The lowest BCUT2D eigenvalue weighted by atomic mass is 9.95. The molecule has 110 valence electrons. The minimum atomic E-state index is -0.220. The van der Waals surface area contributed by atoms with Crippen LogP contribution in [-0.4, -0.2) is 5.91 Å². The summed E-state index contributed by atoms with van der Waals surface area (Å²) >= 11 is 0. The summed E-state index contributed by atoms with van der Waals surface area (Å²) in [5.74, 6) is 0.0941. The topological polar surface area (TPSA) is 42.2 Å². The fourth-order valence-corrected chi connectivity index (χ4v) is 2.51. The van der Waals surface area contributed by atoms with Crippen LogP contribution in [0.15, 0.2) is 77.4 Å². The molecule has 3 nitrogen and oxygen atoms in total. The van der Waals surface area contributed by atoms with Gasteiger partial charge in [-0.1, -0.05) is 54.6 Å². The molecule has 0 spiro atoms. The van der Waals surface area contributed by atoms with Crippen molar-refractivity contribution in [3.05, 3.63) is 95.4 Å². The van der Waals surface area contributed by atoms with Crippen LogP contribution in [0.4, 0.5) is 0 Å². The van der Waals surface area contributed by atoms with E-state index < -0.39 is 0 Å². The minimum Gasteiger partial charge on any atom is -0.459 e. The molecule has 0 unspecified atom stereocenters. The number of aryl methyl sites for hydroxylation is 1. The van der Waals surface area contributed by atoms with Gasteiger partial charge in [-0.3, -0.25) is 4.79 Å². The molecular formula is C19H17NO2. The maximum Gasteiger partial charge on any atom is 0.287 e. The maximum atomic E-state index is 12.4. The van der Waals surface area contributed by atoms with E-state index in [0.717, 1.165) is 16.7 Å². The van der Waals surface area contributed by atoms with Crippen molar-refractivity contribution in [2.75, 3.05) is 0 Å². The van der Waals surface area contributed by atoms with Gasteiger partial charge in [-0.2, -0.15) is 0 Å². The number of carbonyl (C=O) groups is 1. The Bertz CT molecular complexity index is 748. The van der Waals surface area contributed by atoms with E-state index in [0.29, 0.717) is 5.76 Å². The number of benzene rings is 2. The Morgan fingerprint density at radius 3 is 2.36 bits per heavy atom. The molecule has 1 amide bonds. The Morgan fingerprint density at radius 2 is 1.68 bits per heavy atom. The maximum absolute atomic E-state index is 12.4. The monoisotopic (exact) mass is 291 g/mol. The molecule has 3 heteroatoms. The molecule has 0 saturated heterocycles. The molecule has 0 bridgehead atoms. The first-order chi connectivity index (χ1) is 10.8. The summed E-state index contributed by atoms with van der Waals surface area (Å²) in [6.07, 6.45) is 1.50. The van der Waals surface area contributed by atoms with Crippen LogP contribution in [0, 0.1) is 6.92 Å². The summed E-state index contributed by atoms with van der Waals surface area (Å²) in [5.41, 5.74) is 3.25. The number of hydrogen-bond donors (Lipinski definition) is 1. The van der Waals surface area contributed by atoms with E-state index in [1.54, 1.807) is 12.1 Å². The average molecular weight is 291 g/mol. The van der Waals surface area contributed by atoms with Crippen molar-refractivity contribution in [3.8, 4) is 0 Å². The highest BCUT2D eigenvalue weighted by Gasteiger charge is 2.20. The van der Waals surface area contributed by atoms with Crippen LogP contribution < -0.4 is 5.32 Å². The Balaban J connectivity index is 1.97. The van der Waals surface area contributed by atoms with Crippen LogP contribution in [0.1, 0.15) is 33.3 Å². The lowest BCUT2D eigenvalue weighted by Crippen LogP contribution is -2.29. The molecule has 1 N–H and O–H groups in total. The summed E-state index contributed by atoms with van der Waals surface area (Å²) in [6, 6.07) is 21.2. The normalized spacial score (nSPS) is 11.9. The van der Waals surface area contributed by atoms with Gasteiger partial charge in [0.2, 0.25) is 0 Å². The molecule has 0 saturated carbocycles. The summed E-state index contributed by atoms with van der Waals surface area (Å²) < 4.78 is 5.19. The van der Waals surface area contributed by atoms with Gasteiger partial charge in [-0.15, -0.1) is 0 Å². The lowest BCUT2D eigenvalue weighted by molar-refractivity contribution is 0.0915. The zero-order valence-electron chi connectivity index (χ0n) is 12.3. The van der Waals surface area contributed by atoms with Crippen LogP contribution in [0.2, 0.25) is 0 Å². The summed E-state index contributed by atoms with van der Waals surface area (Å²) in [5, 5.41) is 3.06. The zero-order chi connectivity index (χ0) is 15.4. The van der Waals surface area contributed by atoms with Gasteiger partial charge in [-0.25, -0.2) is 0 Å².